The van der Waals surface area contributed by atoms with Gasteiger partial charge in [0.15, 0.2) is 5.82 Å². The number of nitrogens with zero attached hydrogens (tertiary/aromatic N) is 3. The van der Waals surface area contributed by atoms with Crippen LogP contribution < -0.4 is 11.1 Å². The van der Waals surface area contributed by atoms with Crippen LogP contribution in [0.25, 0.3) is 0 Å². The normalized spacial score (nSPS) is 18.6. The summed E-state index contributed by atoms with van der Waals surface area (Å²) >= 11 is 0. The van der Waals surface area contributed by atoms with E-state index in [0.717, 1.165) is 30.9 Å². The molecule has 144 valence electrons. The summed E-state index contributed by atoms with van der Waals surface area (Å²) in [6, 6.07) is 10.2. The summed E-state index contributed by atoms with van der Waals surface area (Å²) in [6.07, 6.45) is 8.64. The van der Waals surface area contributed by atoms with Crippen molar-refractivity contribution >= 4 is 5.91 Å². The van der Waals surface area contributed by atoms with Gasteiger partial charge in [0.1, 0.15) is 12.4 Å². The second kappa shape index (κ2) is 8.21. The Kier molecular flexibility index (Phi) is 5.53. The molecule has 0 spiro atoms. The molecule has 2 saturated carbocycles. The fourth-order valence-corrected chi connectivity index (χ4v) is 3.90. The van der Waals surface area contributed by atoms with Gasteiger partial charge < -0.3 is 11.1 Å². The highest BCUT2D eigenvalue weighted by Crippen LogP contribution is 2.32. The van der Waals surface area contributed by atoms with Crippen molar-refractivity contribution in [3.8, 4) is 0 Å². The first kappa shape index (κ1) is 18.2. The number of aromatic nitrogens is 3. The maximum Gasteiger partial charge on any atom is 0.242 e. The minimum atomic E-state index is -0.271. The van der Waals surface area contributed by atoms with E-state index in [1.54, 1.807) is 4.68 Å². The number of hydrogen-bond donors (Lipinski definition) is 2. The van der Waals surface area contributed by atoms with Crippen molar-refractivity contribution in [3.63, 3.8) is 0 Å². The lowest BCUT2D eigenvalue weighted by molar-refractivity contribution is -0.122. The van der Waals surface area contributed by atoms with E-state index in [-0.39, 0.29) is 18.5 Å². The number of hydrogen-bond acceptors (Lipinski definition) is 4. The van der Waals surface area contributed by atoms with Crippen LogP contribution in [0, 0.1) is 5.92 Å². The average molecular weight is 367 g/mol. The summed E-state index contributed by atoms with van der Waals surface area (Å²) in [7, 11) is 0. The molecule has 2 aromatic rings. The number of amides is 1. The summed E-state index contributed by atoms with van der Waals surface area (Å²) in [6.45, 7) is 0.200. The molecule has 0 saturated heterocycles. The molecule has 0 radical (unpaired) electrons. The molecule has 27 heavy (non-hydrogen) atoms. The van der Waals surface area contributed by atoms with Gasteiger partial charge in [-0.2, -0.15) is 5.10 Å². The quantitative estimate of drug-likeness (QED) is 0.751. The van der Waals surface area contributed by atoms with Crippen LogP contribution in [-0.4, -0.2) is 26.7 Å². The predicted molar refractivity (Wildman–Crippen MR) is 104 cm³/mol. The SMILES string of the molecule is NC(Cc1ccccc1)c1nc(CC2CC2)nn1CC(=O)NC1CCCC1. The molecule has 1 heterocycles. The summed E-state index contributed by atoms with van der Waals surface area (Å²) in [4.78, 5) is 17.2. The first-order valence-electron chi connectivity index (χ1n) is 10.2. The van der Waals surface area contributed by atoms with Crippen LogP contribution in [0.2, 0.25) is 0 Å². The van der Waals surface area contributed by atoms with Crippen molar-refractivity contribution < 1.29 is 4.79 Å². The standard InChI is InChI=1S/C21H29N5O/c22-18(12-15-6-2-1-3-7-15)21-24-19(13-16-10-11-16)25-26(21)14-20(27)23-17-8-4-5-9-17/h1-3,6-7,16-18H,4-5,8-14,22H2,(H,23,27). The van der Waals surface area contributed by atoms with Crippen molar-refractivity contribution in [1.82, 2.24) is 20.1 Å². The molecule has 6 heteroatoms. The Morgan fingerprint density at radius 3 is 2.63 bits per heavy atom. The molecule has 1 atom stereocenters. The van der Waals surface area contributed by atoms with Crippen molar-refractivity contribution in [2.75, 3.05) is 0 Å². The average Bonchev–Trinajstić information content (AvgIpc) is 3.14. The molecule has 3 N–H and O–H groups in total. The fourth-order valence-electron chi connectivity index (χ4n) is 3.90. The number of nitrogens with two attached hydrogens (primary N) is 1. The van der Waals surface area contributed by atoms with Crippen LogP contribution in [0.5, 0.6) is 0 Å². The van der Waals surface area contributed by atoms with Crippen LogP contribution >= 0.6 is 0 Å². The highest BCUT2D eigenvalue weighted by atomic mass is 16.2. The monoisotopic (exact) mass is 367 g/mol. The highest BCUT2D eigenvalue weighted by Gasteiger charge is 2.26. The Bertz CT molecular complexity index is 762. The van der Waals surface area contributed by atoms with Crippen LogP contribution in [0.1, 0.15) is 61.8 Å². The molecule has 1 unspecified atom stereocenters. The highest BCUT2D eigenvalue weighted by molar-refractivity contribution is 5.76. The molecular weight excluding hydrogens is 338 g/mol. The summed E-state index contributed by atoms with van der Waals surface area (Å²) < 4.78 is 1.73. The van der Waals surface area contributed by atoms with Crippen molar-refractivity contribution in [2.24, 2.45) is 11.7 Å². The minimum absolute atomic E-state index is 0.0120. The van der Waals surface area contributed by atoms with Gasteiger partial charge in [0.25, 0.3) is 0 Å². The van der Waals surface area contributed by atoms with Gasteiger partial charge in [0.05, 0.1) is 6.04 Å². The smallest absolute Gasteiger partial charge is 0.242 e. The van der Waals surface area contributed by atoms with Gasteiger partial charge >= 0.3 is 0 Å². The fraction of sp³-hybridized carbons (Fsp3) is 0.571. The number of carbonyl (C=O) groups is 1. The Balaban J connectivity index is 1.47. The lowest BCUT2D eigenvalue weighted by Crippen LogP contribution is -2.36. The van der Waals surface area contributed by atoms with Gasteiger partial charge in [-0.3, -0.25) is 4.79 Å². The number of nitrogens with one attached hydrogen (secondary N) is 1. The molecular formula is C21H29N5O. The van der Waals surface area contributed by atoms with Crippen LogP contribution in [0.4, 0.5) is 0 Å². The molecule has 1 amide bonds. The minimum Gasteiger partial charge on any atom is -0.352 e. The third kappa shape index (κ3) is 4.95. The van der Waals surface area contributed by atoms with Crippen molar-refractivity contribution in [2.45, 2.75) is 70.0 Å². The maximum absolute atomic E-state index is 12.5. The van der Waals surface area contributed by atoms with Gasteiger partial charge in [0, 0.05) is 12.5 Å². The molecule has 1 aromatic carbocycles. The summed E-state index contributed by atoms with van der Waals surface area (Å²) in [5.74, 6) is 2.25. The van der Waals surface area contributed by atoms with Gasteiger partial charge in [-0.1, -0.05) is 43.2 Å². The zero-order valence-electron chi connectivity index (χ0n) is 15.8. The zero-order chi connectivity index (χ0) is 18.6. The van der Waals surface area contributed by atoms with E-state index in [1.165, 1.54) is 31.2 Å². The first-order valence-corrected chi connectivity index (χ1v) is 10.2. The van der Waals surface area contributed by atoms with E-state index < -0.39 is 0 Å². The van der Waals surface area contributed by atoms with E-state index in [1.807, 2.05) is 18.2 Å². The maximum atomic E-state index is 12.5. The summed E-state index contributed by atoms with van der Waals surface area (Å²) in [5.41, 5.74) is 7.64. The third-order valence-electron chi connectivity index (χ3n) is 5.56. The molecule has 2 aliphatic rings. The second-order valence-corrected chi connectivity index (χ2v) is 8.04. The van der Waals surface area contributed by atoms with Gasteiger partial charge in [-0.15, -0.1) is 0 Å². The van der Waals surface area contributed by atoms with E-state index in [9.17, 15) is 4.79 Å². The zero-order valence-corrected chi connectivity index (χ0v) is 15.8. The van der Waals surface area contributed by atoms with E-state index in [4.69, 9.17) is 10.7 Å². The molecule has 1 aromatic heterocycles. The largest absolute Gasteiger partial charge is 0.352 e. The molecule has 6 nitrogen and oxygen atoms in total. The molecule has 0 bridgehead atoms. The van der Waals surface area contributed by atoms with Gasteiger partial charge in [-0.25, -0.2) is 9.67 Å². The molecule has 4 rings (SSSR count). The van der Waals surface area contributed by atoms with Crippen LogP contribution in [0.3, 0.4) is 0 Å². The van der Waals surface area contributed by atoms with Gasteiger partial charge in [0.2, 0.25) is 5.91 Å². The lowest BCUT2D eigenvalue weighted by Gasteiger charge is -2.15. The Labute approximate surface area is 160 Å². The van der Waals surface area contributed by atoms with E-state index >= 15 is 0 Å². The molecule has 2 aliphatic carbocycles. The third-order valence-corrected chi connectivity index (χ3v) is 5.56. The summed E-state index contributed by atoms with van der Waals surface area (Å²) in [5, 5.41) is 7.77. The number of carbonyl (C=O) groups excluding carboxylic acids is 1. The van der Waals surface area contributed by atoms with E-state index in [0.29, 0.717) is 18.4 Å². The number of benzene rings is 1. The molecule has 2 fully saturated rings. The Morgan fingerprint density at radius 2 is 1.93 bits per heavy atom. The van der Waals surface area contributed by atoms with Crippen molar-refractivity contribution in [1.29, 1.82) is 0 Å². The van der Waals surface area contributed by atoms with E-state index in [2.05, 4.69) is 22.5 Å². The number of rotatable bonds is 8. The first-order chi connectivity index (χ1) is 13.2. The van der Waals surface area contributed by atoms with Gasteiger partial charge in [-0.05, 0) is 43.6 Å². The molecule has 0 aliphatic heterocycles. The topological polar surface area (TPSA) is 85.8 Å². The second-order valence-electron chi connectivity index (χ2n) is 8.04. The van der Waals surface area contributed by atoms with Crippen LogP contribution in [0.15, 0.2) is 30.3 Å². The lowest BCUT2D eigenvalue weighted by atomic mass is 10.1. The Hall–Kier alpha value is -2.21. The van der Waals surface area contributed by atoms with Crippen LogP contribution in [-0.2, 0) is 24.2 Å². The predicted octanol–water partition coefficient (Wildman–Crippen LogP) is 2.53. The van der Waals surface area contributed by atoms with Crippen molar-refractivity contribution in [3.05, 3.63) is 47.5 Å². The Morgan fingerprint density at radius 1 is 1.19 bits per heavy atom.